The Hall–Kier alpha value is -1.99. The van der Waals surface area contributed by atoms with E-state index in [-0.39, 0.29) is 0 Å². The standard InChI is InChI=1S/C14H13ClN4/c15-12-4-2-1-3-10(12)8-19-14(17)11(7-16)13(18-19)9-5-6-9/h1-4,9H,5-6,8,17H2. The van der Waals surface area contributed by atoms with Crippen LogP contribution in [0.5, 0.6) is 0 Å². The number of nitrogen functional groups attached to an aromatic ring is 1. The van der Waals surface area contributed by atoms with Gasteiger partial charge in [0.15, 0.2) is 0 Å². The van der Waals surface area contributed by atoms with E-state index in [2.05, 4.69) is 11.2 Å². The summed E-state index contributed by atoms with van der Waals surface area (Å²) >= 11 is 6.13. The van der Waals surface area contributed by atoms with Crippen molar-refractivity contribution in [2.45, 2.75) is 25.3 Å². The van der Waals surface area contributed by atoms with Crippen molar-refractivity contribution in [3.63, 3.8) is 0 Å². The number of aromatic nitrogens is 2. The van der Waals surface area contributed by atoms with E-state index in [0.29, 0.717) is 28.9 Å². The maximum Gasteiger partial charge on any atom is 0.140 e. The first-order valence-corrected chi connectivity index (χ1v) is 6.58. The molecule has 5 heteroatoms. The summed E-state index contributed by atoms with van der Waals surface area (Å²) < 4.78 is 1.67. The Morgan fingerprint density at radius 1 is 1.42 bits per heavy atom. The zero-order valence-electron chi connectivity index (χ0n) is 10.3. The molecule has 1 aromatic heterocycles. The van der Waals surface area contributed by atoms with Crippen molar-refractivity contribution >= 4 is 17.4 Å². The summed E-state index contributed by atoms with van der Waals surface area (Å²) in [6, 6.07) is 9.75. The topological polar surface area (TPSA) is 67.6 Å². The first kappa shape index (κ1) is 12.1. The molecular formula is C14H13ClN4. The van der Waals surface area contributed by atoms with E-state index in [4.69, 9.17) is 17.3 Å². The van der Waals surface area contributed by atoms with Crippen LogP contribution in [0.15, 0.2) is 24.3 Å². The van der Waals surface area contributed by atoms with Crippen LogP contribution in [-0.4, -0.2) is 9.78 Å². The fourth-order valence-electron chi connectivity index (χ4n) is 2.16. The van der Waals surface area contributed by atoms with Gasteiger partial charge in [-0.3, -0.25) is 0 Å². The number of hydrogen-bond acceptors (Lipinski definition) is 3. The van der Waals surface area contributed by atoms with Crippen LogP contribution in [0.3, 0.4) is 0 Å². The Labute approximate surface area is 116 Å². The number of halogens is 1. The average Bonchev–Trinajstić information content (AvgIpc) is 3.19. The van der Waals surface area contributed by atoms with Gasteiger partial charge in [0.05, 0.1) is 12.2 Å². The van der Waals surface area contributed by atoms with Crippen molar-refractivity contribution in [2.24, 2.45) is 0 Å². The Morgan fingerprint density at radius 2 is 2.16 bits per heavy atom. The zero-order valence-corrected chi connectivity index (χ0v) is 11.1. The summed E-state index contributed by atoms with van der Waals surface area (Å²) in [5.41, 5.74) is 8.32. The number of rotatable bonds is 3. The SMILES string of the molecule is N#Cc1c(C2CC2)nn(Cc2ccccc2Cl)c1N. The zero-order chi connectivity index (χ0) is 13.4. The molecule has 0 atom stereocenters. The van der Waals surface area contributed by atoms with Crippen molar-refractivity contribution < 1.29 is 0 Å². The van der Waals surface area contributed by atoms with E-state index < -0.39 is 0 Å². The van der Waals surface area contributed by atoms with Crippen LogP contribution in [0.4, 0.5) is 5.82 Å². The highest BCUT2D eigenvalue weighted by atomic mass is 35.5. The molecule has 0 bridgehead atoms. The van der Waals surface area contributed by atoms with Gasteiger partial charge in [-0.25, -0.2) is 4.68 Å². The lowest BCUT2D eigenvalue weighted by atomic mass is 10.2. The molecule has 4 nitrogen and oxygen atoms in total. The first-order chi connectivity index (χ1) is 9.20. The molecule has 0 aliphatic heterocycles. The van der Waals surface area contributed by atoms with Crippen molar-refractivity contribution in [1.29, 1.82) is 5.26 Å². The van der Waals surface area contributed by atoms with Crippen LogP contribution >= 0.6 is 11.6 Å². The van der Waals surface area contributed by atoms with Gasteiger partial charge in [-0.05, 0) is 24.5 Å². The monoisotopic (exact) mass is 272 g/mol. The molecule has 1 aliphatic rings. The van der Waals surface area contributed by atoms with Gasteiger partial charge in [0.25, 0.3) is 0 Å². The molecule has 1 aromatic carbocycles. The van der Waals surface area contributed by atoms with Gasteiger partial charge in [-0.1, -0.05) is 29.8 Å². The average molecular weight is 273 g/mol. The van der Waals surface area contributed by atoms with Crippen molar-refractivity contribution in [2.75, 3.05) is 5.73 Å². The van der Waals surface area contributed by atoms with Gasteiger partial charge in [0.2, 0.25) is 0 Å². The molecule has 0 spiro atoms. The molecule has 1 saturated carbocycles. The third-order valence-corrected chi connectivity index (χ3v) is 3.74. The highest BCUT2D eigenvalue weighted by molar-refractivity contribution is 6.31. The lowest BCUT2D eigenvalue weighted by molar-refractivity contribution is 0.681. The molecule has 1 aliphatic carbocycles. The largest absolute Gasteiger partial charge is 0.383 e. The van der Waals surface area contributed by atoms with Crippen LogP contribution in [-0.2, 0) is 6.54 Å². The summed E-state index contributed by atoms with van der Waals surface area (Å²) in [5.74, 6) is 0.841. The van der Waals surface area contributed by atoms with E-state index in [9.17, 15) is 5.26 Å². The minimum atomic E-state index is 0.407. The lowest BCUT2D eigenvalue weighted by Gasteiger charge is -2.05. The summed E-state index contributed by atoms with van der Waals surface area (Å²) in [7, 11) is 0. The van der Waals surface area contributed by atoms with E-state index in [1.165, 1.54) is 0 Å². The first-order valence-electron chi connectivity index (χ1n) is 6.20. The minimum absolute atomic E-state index is 0.407. The van der Waals surface area contributed by atoms with Crippen molar-refractivity contribution in [3.05, 3.63) is 46.1 Å². The maximum atomic E-state index is 9.20. The van der Waals surface area contributed by atoms with Gasteiger partial charge in [-0.15, -0.1) is 0 Å². The van der Waals surface area contributed by atoms with Crippen LogP contribution in [0.1, 0.15) is 35.6 Å². The summed E-state index contributed by atoms with van der Waals surface area (Å²) in [5, 5.41) is 14.4. The van der Waals surface area contributed by atoms with Crippen LogP contribution in [0.2, 0.25) is 5.02 Å². The second kappa shape index (κ2) is 4.60. The third kappa shape index (κ3) is 2.18. The van der Waals surface area contributed by atoms with Gasteiger partial charge in [0.1, 0.15) is 17.5 Å². The molecule has 2 N–H and O–H groups in total. The van der Waals surface area contributed by atoms with E-state index in [1.54, 1.807) is 4.68 Å². The van der Waals surface area contributed by atoms with Gasteiger partial charge in [0, 0.05) is 10.9 Å². The number of benzene rings is 1. The smallest absolute Gasteiger partial charge is 0.140 e. The van der Waals surface area contributed by atoms with Crippen molar-refractivity contribution in [1.82, 2.24) is 9.78 Å². The molecule has 0 amide bonds. The second-order valence-electron chi connectivity index (χ2n) is 4.78. The molecule has 3 rings (SSSR count). The molecule has 1 fully saturated rings. The second-order valence-corrected chi connectivity index (χ2v) is 5.19. The van der Waals surface area contributed by atoms with Crippen LogP contribution in [0.25, 0.3) is 0 Å². The predicted molar refractivity (Wildman–Crippen MR) is 73.9 cm³/mol. The van der Waals surface area contributed by atoms with Gasteiger partial charge >= 0.3 is 0 Å². The van der Waals surface area contributed by atoms with Gasteiger partial charge < -0.3 is 5.73 Å². The number of anilines is 1. The summed E-state index contributed by atoms with van der Waals surface area (Å²) in [6.07, 6.45) is 2.19. The molecule has 0 saturated heterocycles. The number of hydrogen-bond donors (Lipinski definition) is 1. The number of nitrogens with two attached hydrogens (primary N) is 1. The van der Waals surface area contributed by atoms with E-state index >= 15 is 0 Å². The fraction of sp³-hybridized carbons (Fsp3) is 0.286. The van der Waals surface area contributed by atoms with Gasteiger partial charge in [-0.2, -0.15) is 10.4 Å². The normalized spacial score (nSPS) is 14.3. The van der Waals surface area contributed by atoms with E-state index in [0.717, 1.165) is 24.1 Å². The molecule has 0 radical (unpaired) electrons. The maximum absolute atomic E-state index is 9.20. The molecular weight excluding hydrogens is 260 g/mol. The summed E-state index contributed by atoms with van der Waals surface area (Å²) in [4.78, 5) is 0. The minimum Gasteiger partial charge on any atom is -0.383 e. The Balaban J connectivity index is 1.98. The predicted octanol–water partition coefficient (Wildman–Crippen LogP) is 2.92. The molecule has 2 aromatic rings. The molecule has 96 valence electrons. The quantitative estimate of drug-likeness (QED) is 0.934. The third-order valence-electron chi connectivity index (χ3n) is 3.37. The Kier molecular flexibility index (Phi) is 2.92. The fourth-order valence-corrected chi connectivity index (χ4v) is 2.36. The molecule has 1 heterocycles. The Bertz CT molecular complexity index is 665. The highest BCUT2D eigenvalue weighted by Crippen LogP contribution is 2.42. The lowest BCUT2D eigenvalue weighted by Crippen LogP contribution is -2.06. The number of nitrogens with zero attached hydrogens (tertiary/aromatic N) is 3. The summed E-state index contributed by atoms with van der Waals surface area (Å²) in [6.45, 7) is 0.493. The van der Waals surface area contributed by atoms with Crippen LogP contribution in [0, 0.1) is 11.3 Å². The van der Waals surface area contributed by atoms with Crippen LogP contribution < -0.4 is 5.73 Å². The highest BCUT2D eigenvalue weighted by Gasteiger charge is 2.31. The van der Waals surface area contributed by atoms with E-state index in [1.807, 2.05) is 24.3 Å². The Morgan fingerprint density at radius 3 is 2.79 bits per heavy atom. The van der Waals surface area contributed by atoms with Crippen molar-refractivity contribution in [3.8, 4) is 6.07 Å². The molecule has 0 unspecified atom stereocenters. The number of nitriles is 1. The molecule has 19 heavy (non-hydrogen) atoms.